The summed E-state index contributed by atoms with van der Waals surface area (Å²) in [7, 11) is 0. The largest absolute Gasteiger partial charge is 2.00 e. The smallest absolute Gasteiger partial charge is 1.00 e. The summed E-state index contributed by atoms with van der Waals surface area (Å²) < 4.78 is 34.6. The molecular weight excluding hydrogens is 1330 g/mol. The minimum Gasteiger partial charge on any atom is -1.00 e. The Morgan fingerprint density at radius 2 is 1.05 bits per heavy atom. The summed E-state index contributed by atoms with van der Waals surface area (Å²) in [4.78, 5) is 43.5. The van der Waals surface area contributed by atoms with Crippen LogP contribution in [0.1, 0.15) is 76.1 Å². The van der Waals surface area contributed by atoms with E-state index in [1.54, 1.807) is 81.7 Å². The monoisotopic (exact) mass is 1400 g/mol. The van der Waals surface area contributed by atoms with Crippen LogP contribution < -0.4 is 31.8 Å². The molecule has 2 fully saturated rings. The Kier molecular flexibility index (Phi) is 32.1. The Morgan fingerprint density at radius 1 is 0.615 bits per heavy atom. The van der Waals surface area contributed by atoms with E-state index in [0.717, 1.165) is 84.0 Å². The molecule has 22 nitrogen and oxygen atoms in total. The zero-order valence-corrected chi connectivity index (χ0v) is 57.0. The van der Waals surface area contributed by atoms with Gasteiger partial charge in [0.05, 0.1) is 43.4 Å². The third-order valence-corrected chi connectivity index (χ3v) is 14.2. The van der Waals surface area contributed by atoms with Gasteiger partial charge in [-0.1, -0.05) is 64.6 Å². The molecule has 478 valence electrons. The topological polar surface area (TPSA) is 231 Å². The molecule has 91 heavy (non-hydrogen) atoms. The molecule has 30 heteroatoms. The Bertz CT molecular complexity index is 3620. The van der Waals surface area contributed by atoms with Crippen molar-refractivity contribution < 1.29 is 44.8 Å². The number of allylic oxidation sites excluding steroid dienone is 1. The van der Waals surface area contributed by atoms with Gasteiger partial charge in [-0.25, -0.2) is 14.9 Å². The molecule has 8 aromatic rings. The van der Waals surface area contributed by atoms with Crippen molar-refractivity contribution in [2.45, 2.75) is 79.4 Å². The van der Waals surface area contributed by atoms with Crippen LogP contribution in [0.3, 0.4) is 0 Å². The maximum absolute atomic E-state index is 13.0. The molecule has 2 saturated heterocycles. The predicted octanol–water partition coefficient (Wildman–Crippen LogP) is 5.61. The van der Waals surface area contributed by atoms with E-state index in [1.165, 1.54) is 26.5 Å². The van der Waals surface area contributed by atoms with Crippen molar-refractivity contribution in [3.63, 3.8) is 0 Å². The molecule has 0 spiro atoms. The van der Waals surface area contributed by atoms with Gasteiger partial charge in [-0.15, -0.1) is 36.7 Å². The molecule has 5 aromatic heterocycles. The number of piperazine rings is 2. The van der Waals surface area contributed by atoms with Crippen LogP contribution >= 0.6 is 46.4 Å². The number of halogens is 7. The summed E-state index contributed by atoms with van der Waals surface area (Å²) in [6.07, 6.45) is 11.2. The van der Waals surface area contributed by atoms with Crippen molar-refractivity contribution in [2.75, 3.05) is 65.8 Å². The summed E-state index contributed by atoms with van der Waals surface area (Å²) in [6.45, 7) is 22.3. The number of amides is 1. The molecule has 7 heterocycles. The van der Waals surface area contributed by atoms with Gasteiger partial charge in [-0.05, 0) is 151 Å². The SMILES string of the molecule is C[C@@H]1CN(Cc2ccc(OCCF)cn2)CCN1.Cc1nnn(Cc2cc(Cl)ccc2/C=C/[11C](=O)Cl)n1.Cc1nnn(Cc2cc(Cl)ccc2/C=C/[11C](=O)N2CCN(Cc3ccc(OCCF)cn3)C[C@H]2C)n1.[Br-].[CH-]=Cc1ccc(Cl)cc1Cn1nnc(C)n1.[Mg+2]. The van der Waals surface area contributed by atoms with Gasteiger partial charge in [0.15, 0.2) is 17.5 Å². The Hall–Kier alpha value is -6.72. The molecule has 3 aromatic carbocycles. The first-order valence-corrected chi connectivity index (χ1v) is 29.9. The van der Waals surface area contributed by atoms with E-state index in [2.05, 4.69) is 78.2 Å². The van der Waals surface area contributed by atoms with E-state index in [4.69, 9.17) is 62.5 Å². The van der Waals surface area contributed by atoms with E-state index in [0.29, 0.717) is 82.8 Å². The molecule has 0 aliphatic carbocycles. The molecular formula is C61H69BrCl4F2MgN18O4. The second kappa shape index (κ2) is 39.0. The fourth-order valence-electron chi connectivity index (χ4n) is 9.27. The van der Waals surface area contributed by atoms with E-state index >= 15 is 0 Å². The second-order valence-electron chi connectivity index (χ2n) is 20.5. The Balaban J connectivity index is 0.000000233. The molecule has 2 aliphatic heterocycles. The fourth-order valence-corrected chi connectivity index (χ4v) is 9.92. The van der Waals surface area contributed by atoms with Gasteiger partial charge in [0.25, 0.3) is 0 Å². The Labute approximate surface area is 574 Å². The van der Waals surface area contributed by atoms with Crippen molar-refractivity contribution in [1.82, 2.24) is 90.6 Å². The van der Waals surface area contributed by atoms with Gasteiger partial charge in [0.2, 0.25) is 11.1 Å². The van der Waals surface area contributed by atoms with Crippen molar-refractivity contribution in [3.05, 3.63) is 187 Å². The number of carbonyl (C=O) groups is 2. The van der Waals surface area contributed by atoms with Gasteiger partial charge in [-0.2, -0.15) is 20.0 Å². The van der Waals surface area contributed by atoms with Crippen molar-refractivity contribution in [3.8, 4) is 11.5 Å². The third kappa shape index (κ3) is 25.7. The minimum absolute atomic E-state index is 0. The number of carbonyl (C=O) groups excluding carboxylic acids is 2. The number of nitrogens with one attached hydrogen (secondary N) is 1. The number of alkyl halides is 2. The molecule has 2 atom stereocenters. The van der Waals surface area contributed by atoms with E-state index in [-0.39, 0.29) is 65.2 Å². The van der Waals surface area contributed by atoms with Gasteiger partial charge in [0, 0.05) is 85.6 Å². The summed E-state index contributed by atoms with van der Waals surface area (Å²) in [6, 6.07) is 24.4. The van der Waals surface area contributed by atoms with Crippen LogP contribution in [-0.4, -0.2) is 197 Å². The zero-order chi connectivity index (χ0) is 63.7. The molecule has 0 unspecified atom stereocenters. The normalized spacial score (nSPS) is 14.8. The van der Waals surface area contributed by atoms with Crippen LogP contribution in [0.2, 0.25) is 15.1 Å². The molecule has 0 saturated carbocycles. The van der Waals surface area contributed by atoms with E-state index in [1.807, 2.05) is 60.4 Å². The molecule has 10 rings (SSSR count). The van der Waals surface area contributed by atoms with Crippen LogP contribution in [0.4, 0.5) is 8.78 Å². The number of benzene rings is 3. The minimum atomic E-state index is -0.532. The van der Waals surface area contributed by atoms with E-state index in [9.17, 15) is 18.4 Å². The van der Waals surface area contributed by atoms with Crippen LogP contribution in [0.5, 0.6) is 11.5 Å². The maximum Gasteiger partial charge on any atom is 2.00 e. The molecule has 1 N–H and O–H groups in total. The Morgan fingerprint density at radius 3 is 1.44 bits per heavy atom. The number of hydrogen-bond acceptors (Lipinski definition) is 18. The van der Waals surface area contributed by atoms with Gasteiger partial charge >= 0.3 is 23.1 Å². The number of tetrazole rings is 3. The van der Waals surface area contributed by atoms with Crippen molar-refractivity contribution in [1.29, 1.82) is 0 Å². The van der Waals surface area contributed by atoms with Gasteiger partial charge in [0.1, 0.15) is 38.1 Å². The first-order valence-electron chi connectivity index (χ1n) is 28.4. The van der Waals surface area contributed by atoms with Crippen LogP contribution in [-0.2, 0) is 42.3 Å². The molecule has 2 aliphatic rings. The first-order chi connectivity index (χ1) is 42.9. The van der Waals surface area contributed by atoms with Crippen molar-refractivity contribution >= 4 is 98.8 Å². The second-order valence-corrected chi connectivity index (χ2v) is 22.2. The van der Waals surface area contributed by atoms with Crippen LogP contribution in [0.15, 0.2) is 103 Å². The average Bonchev–Trinajstić information content (AvgIpc) is 2.47. The maximum atomic E-state index is 13.0. The summed E-state index contributed by atoms with van der Waals surface area (Å²) in [5.41, 5.74) is 7.28. The summed E-state index contributed by atoms with van der Waals surface area (Å²) >= 11 is 23.4. The number of pyridine rings is 2. The summed E-state index contributed by atoms with van der Waals surface area (Å²) in [5, 5.41) is 40.5. The molecule has 0 radical (unpaired) electrons. The fraction of sp³-hybridized carbons (Fsp3) is 0.361. The number of nitrogens with zero attached hydrogens (tertiary/aromatic N) is 17. The quantitative estimate of drug-likeness (QED) is 0.0399. The van der Waals surface area contributed by atoms with Gasteiger partial charge < -0.3 is 36.7 Å². The zero-order valence-electron chi connectivity index (χ0n) is 51.0. The van der Waals surface area contributed by atoms with E-state index < -0.39 is 18.6 Å². The number of hydrogen-bond donors (Lipinski definition) is 1. The van der Waals surface area contributed by atoms with Crippen LogP contribution in [0, 0.1) is 27.4 Å². The first kappa shape index (κ1) is 75.0. The summed E-state index contributed by atoms with van der Waals surface area (Å²) in [5.74, 6) is 2.97. The molecule has 1 amide bonds. The van der Waals surface area contributed by atoms with Crippen molar-refractivity contribution in [2.24, 2.45) is 0 Å². The number of ether oxygens (including phenoxy) is 2. The van der Waals surface area contributed by atoms with Crippen LogP contribution in [0.25, 0.3) is 18.2 Å². The number of rotatable bonds is 21. The third-order valence-electron chi connectivity index (χ3n) is 13.4. The standard InChI is InChI=1S/C25H29ClFN7O2.C13H20FN3O.C12H10Cl2N4O.C11H10ClN4.BrH.Mg/c1-18-15-32(17-23-6-7-24(14-28-23)36-12-9-27)10-11-33(18)25(35)8-4-20-3-5-22(26)13-21(20)16-34-30-19(2)29-31-34;1-11-9-17(6-5-15-11)10-12-2-3-13(8-16-12)18-7-4-14;1-8-15-17-18(16-8)7-10-6-11(13)4-2-9(10)3-5-12(14)19;1-3-9-4-5-11(12)6-10(9)7-16-14-8(2)13-15-16;;/h3-8,13-14,18H,9-12,15-17H2,1-2H3;2-3,8,11,15H,4-7,9-10H2,1H3;2-6H,7H2,1H3;1,3-6H,7H2,2H3;1H;/q;;;-1;;+2/p-1/b8-4+;;5-3+;;;/t18-;11-;;;;/m11..../s1/i25-1;;12-1;;;. The predicted molar refractivity (Wildman–Crippen MR) is 343 cm³/mol. The van der Waals surface area contributed by atoms with Gasteiger partial charge in [-0.3, -0.25) is 35.9 Å². The number of aryl methyl sites for hydroxylation is 3. The number of aromatic nitrogens is 14. The average molecular weight is 1400 g/mol. The molecule has 0 bridgehead atoms.